The molecular weight excluding hydrogens is 376 g/mol. The lowest BCUT2D eigenvalue weighted by molar-refractivity contribution is -0.899. The Hall–Kier alpha value is -1.63. The van der Waals surface area contributed by atoms with E-state index in [1.165, 1.54) is 4.88 Å². The molecule has 4 nitrogen and oxygen atoms in total. The maximum absolute atomic E-state index is 12.3. The van der Waals surface area contributed by atoms with Crippen LogP contribution in [-0.4, -0.2) is 26.1 Å². The largest absolute Gasteiger partial charge is 0.497 e. The second-order valence-electron chi connectivity index (χ2n) is 5.08. The van der Waals surface area contributed by atoms with Gasteiger partial charge in [-0.05, 0) is 46.3 Å². The van der Waals surface area contributed by atoms with Crippen molar-refractivity contribution in [2.24, 2.45) is 0 Å². The molecule has 1 aromatic heterocycles. The van der Waals surface area contributed by atoms with Crippen molar-refractivity contribution in [1.82, 2.24) is 0 Å². The first-order valence-electron chi connectivity index (χ1n) is 7.23. The van der Waals surface area contributed by atoms with Gasteiger partial charge in [0.1, 0.15) is 12.3 Å². The summed E-state index contributed by atoms with van der Waals surface area (Å²) in [6.07, 6.45) is 1.84. The van der Waals surface area contributed by atoms with Gasteiger partial charge in [-0.2, -0.15) is 0 Å². The molecule has 0 aliphatic carbocycles. The van der Waals surface area contributed by atoms with E-state index in [0.29, 0.717) is 6.54 Å². The average Bonchev–Trinajstić information content (AvgIpc) is 2.92. The Balaban J connectivity index is 1.95. The van der Waals surface area contributed by atoms with Crippen molar-refractivity contribution in [2.75, 3.05) is 25.5 Å². The maximum Gasteiger partial charge on any atom is 0.279 e. The molecule has 2 aromatic rings. The summed E-state index contributed by atoms with van der Waals surface area (Å²) in [6, 6.07) is 11.5. The molecule has 1 atom stereocenters. The van der Waals surface area contributed by atoms with Crippen LogP contribution in [0.2, 0.25) is 0 Å². The number of benzene rings is 1. The Labute approximate surface area is 148 Å². The summed E-state index contributed by atoms with van der Waals surface area (Å²) in [5, 5.41) is 2.92. The van der Waals surface area contributed by atoms with Gasteiger partial charge in [-0.1, -0.05) is 12.6 Å². The molecule has 1 unspecified atom stereocenters. The second kappa shape index (κ2) is 8.86. The normalized spacial score (nSPS) is 11.7. The molecule has 1 aromatic carbocycles. The molecular formula is C17H20BrN2O2S+. The van der Waals surface area contributed by atoms with Gasteiger partial charge in [0.15, 0.2) is 6.54 Å². The van der Waals surface area contributed by atoms with Gasteiger partial charge in [0, 0.05) is 11.8 Å². The number of halogens is 1. The van der Waals surface area contributed by atoms with Crippen LogP contribution in [0.15, 0.2) is 52.8 Å². The molecule has 0 bridgehead atoms. The summed E-state index contributed by atoms with van der Waals surface area (Å²) < 4.78 is 6.27. The summed E-state index contributed by atoms with van der Waals surface area (Å²) in [5.74, 6) is 0.701. The van der Waals surface area contributed by atoms with Crippen LogP contribution in [0.4, 0.5) is 5.69 Å². The third-order valence-corrected chi connectivity index (χ3v) is 4.87. The van der Waals surface area contributed by atoms with Crippen LogP contribution >= 0.6 is 27.3 Å². The zero-order valence-electron chi connectivity index (χ0n) is 13.0. The number of quaternary nitrogens is 1. The molecule has 1 amide bonds. The zero-order chi connectivity index (χ0) is 16.7. The molecule has 2 N–H and O–H groups in total. The number of anilines is 1. The van der Waals surface area contributed by atoms with E-state index in [4.69, 9.17) is 4.74 Å². The fourth-order valence-corrected chi connectivity index (χ4v) is 3.79. The molecule has 1 heterocycles. The Morgan fingerprint density at radius 2 is 2.26 bits per heavy atom. The van der Waals surface area contributed by atoms with E-state index >= 15 is 0 Å². The predicted molar refractivity (Wildman–Crippen MR) is 98.2 cm³/mol. The topological polar surface area (TPSA) is 42.8 Å². The molecule has 0 saturated heterocycles. The first-order chi connectivity index (χ1) is 11.1. The molecule has 0 radical (unpaired) electrons. The summed E-state index contributed by atoms with van der Waals surface area (Å²) in [4.78, 5) is 14.7. The van der Waals surface area contributed by atoms with Crippen LogP contribution in [0, 0.1) is 0 Å². The van der Waals surface area contributed by atoms with Gasteiger partial charge in [0.05, 0.1) is 22.3 Å². The van der Waals surface area contributed by atoms with Crippen LogP contribution in [0.25, 0.3) is 0 Å². The van der Waals surface area contributed by atoms with Crippen LogP contribution in [0.1, 0.15) is 4.88 Å². The summed E-state index contributed by atoms with van der Waals surface area (Å²) in [6.45, 7) is 5.71. The zero-order valence-corrected chi connectivity index (χ0v) is 15.4. The summed E-state index contributed by atoms with van der Waals surface area (Å²) in [7, 11) is 1.61. The Bertz CT molecular complexity index is 672. The molecule has 0 aliphatic rings. The van der Waals surface area contributed by atoms with Crippen molar-refractivity contribution in [2.45, 2.75) is 6.54 Å². The van der Waals surface area contributed by atoms with E-state index in [1.807, 2.05) is 36.4 Å². The second-order valence-corrected chi connectivity index (χ2v) is 7.63. The van der Waals surface area contributed by atoms with Gasteiger partial charge >= 0.3 is 0 Å². The number of amides is 1. The van der Waals surface area contributed by atoms with Crippen LogP contribution in [0.5, 0.6) is 5.75 Å². The smallest absolute Gasteiger partial charge is 0.279 e. The number of thiophene rings is 1. The SMILES string of the molecule is C=CC[NH+](CC(=O)Nc1cccc(OC)c1)Cc1ccc(Br)s1. The van der Waals surface area contributed by atoms with E-state index in [0.717, 1.165) is 33.2 Å². The van der Waals surface area contributed by atoms with Gasteiger partial charge < -0.3 is 15.0 Å². The number of carbonyl (C=O) groups is 1. The van der Waals surface area contributed by atoms with E-state index in [1.54, 1.807) is 18.4 Å². The minimum Gasteiger partial charge on any atom is -0.497 e. The van der Waals surface area contributed by atoms with Gasteiger partial charge in [-0.25, -0.2) is 0 Å². The number of nitrogens with one attached hydrogen (secondary N) is 2. The lowest BCUT2D eigenvalue weighted by Crippen LogP contribution is -3.11. The lowest BCUT2D eigenvalue weighted by atomic mass is 10.3. The van der Waals surface area contributed by atoms with E-state index in [-0.39, 0.29) is 5.91 Å². The molecule has 0 spiro atoms. The van der Waals surface area contributed by atoms with Crippen molar-refractivity contribution in [3.63, 3.8) is 0 Å². The number of rotatable bonds is 8. The summed E-state index contributed by atoms with van der Waals surface area (Å²) in [5.41, 5.74) is 0.742. The molecule has 122 valence electrons. The average molecular weight is 396 g/mol. The highest BCUT2D eigenvalue weighted by Crippen LogP contribution is 2.21. The monoisotopic (exact) mass is 395 g/mol. The van der Waals surface area contributed by atoms with Gasteiger partial charge in [-0.15, -0.1) is 11.3 Å². The molecule has 2 rings (SSSR count). The predicted octanol–water partition coefficient (Wildman–Crippen LogP) is 2.73. The molecule has 0 aliphatic heterocycles. The fourth-order valence-electron chi connectivity index (χ4n) is 2.24. The molecule has 0 fully saturated rings. The quantitative estimate of drug-likeness (QED) is 0.674. The van der Waals surface area contributed by atoms with Crippen LogP contribution in [0.3, 0.4) is 0 Å². The van der Waals surface area contributed by atoms with E-state index in [2.05, 4.69) is 33.9 Å². The number of hydrogen-bond donors (Lipinski definition) is 2. The van der Waals surface area contributed by atoms with Crippen molar-refractivity contribution in [3.8, 4) is 5.75 Å². The number of ether oxygens (including phenoxy) is 1. The van der Waals surface area contributed by atoms with Crippen molar-refractivity contribution < 1.29 is 14.4 Å². The van der Waals surface area contributed by atoms with Gasteiger partial charge in [0.2, 0.25) is 0 Å². The van der Waals surface area contributed by atoms with Crippen LogP contribution in [-0.2, 0) is 11.3 Å². The molecule has 23 heavy (non-hydrogen) atoms. The minimum absolute atomic E-state index is 0.0225. The number of hydrogen-bond acceptors (Lipinski definition) is 3. The standard InChI is InChI=1S/C17H19BrN2O2S/c1-3-9-20(11-15-7-8-16(18)23-15)12-17(21)19-13-5-4-6-14(10-13)22-2/h3-8,10H,1,9,11-12H2,2H3,(H,19,21)/p+1. The first-order valence-corrected chi connectivity index (χ1v) is 8.84. The highest BCUT2D eigenvalue weighted by molar-refractivity contribution is 9.11. The maximum atomic E-state index is 12.3. The minimum atomic E-state index is -0.0225. The first kappa shape index (κ1) is 17.7. The van der Waals surface area contributed by atoms with Gasteiger partial charge in [-0.3, -0.25) is 4.79 Å². The highest BCUT2D eigenvalue weighted by Gasteiger charge is 2.15. The van der Waals surface area contributed by atoms with Crippen molar-refractivity contribution >= 4 is 38.9 Å². The Kier molecular flexibility index (Phi) is 6.83. The Morgan fingerprint density at radius 3 is 2.91 bits per heavy atom. The van der Waals surface area contributed by atoms with E-state index in [9.17, 15) is 4.79 Å². The Morgan fingerprint density at radius 1 is 1.43 bits per heavy atom. The lowest BCUT2D eigenvalue weighted by Gasteiger charge is -2.17. The molecule has 6 heteroatoms. The number of carbonyl (C=O) groups excluding carboxylic acids is 1. The van der Waals surface area contributed by atoms with Crippen molar-refractivity contribution in [1.29, 1.82) is 0 Å². The highest BCUT2D eigenvalue weighted by atomic mass is 79.9. The summed E-state index contributed by atoms with van der Waals surface area (Å²) >= 11 is 5.16. The third kappa shape index (κ3) is 5.82. The van der Waals surface area contributed by atoms with E-state index < -0.39 is 0 Å². The number of methoxy groups -OCH3 is 1. The van der Waals surface area contributed by atoms with Gasteiger partial charge in [0.25, 0.3) is 5.91 Å². The van der Waals surface area contributed by atoms with Crippen LogP contribution < -0.4 is 15.0 Å². The molecule has 0 saturated carbocycles. The van der Waals surface area contributed by atoms with Crippen molar-refractivity contribution in [3.05, 3.63) is 57.7 Å². The fraction of sp³-hybridized carbons (Fsp3) is 0.235. The third-order valence-electron chi connectivity index (χ3n) is 3.25.